The summed E-state index contributed by atoms with van der Waals surface area (Å²) in [5.41, 5.74) is -0.0463. The molecule has 0 amide bonds. The Kier molecular flexibility index (Phi) is 5.01. The van der Waals surface area contributed by atoms with Gasteiger partial charge in [0.15, 0.2) is 5.78 Å². The first-order valence-electron chi connectivity index (χ1n) is 5.41. The molecular formula is C11H15BrN2O3S. The Morgan fingerprint density at radius 1 is 1.39 bits per heavy atom. The predicted octanol–water partition coefficient (Wildman–Crippen LogP) is 1.73. The molecule has 1 rings (SSSR count). The van der Waals surface area contributed by atoms with Crippen molar-refractivity contribution in [3.8, 4) is 0 Å². The van der Waals surface area contributed by atoms with Crippen molar-refractivity contribution in [3.63, 3.8) is 0 Å². The fourth-order valence-corrected chi connectivity index (χ4v) is 2.98. The summed E-state index contributed by atoms with van der Waals surface area (Å²) in [7, 11) is -3.72. The van der Waals surface area contributed by atoms with Gasteiger partial charge in [0.2, 0.25) is 10.0 Å². The largest absolute Gasteiger partial charge is 0.291 e. The number of alkyl halides is 1. The Morgan fingerprint density at radius 2 is 2.00 bits per heavy atom. The quantitative estimate of drug-likeness (QED) is 0.657. The van der Waals surface area contributed by atoms with Crippen LogP contribution in [0.25, 0.3) is 0 Å². The molecule has 0 aliphatic rings. The average Bonchev–Trinajstić information content (AvgIpc) is 2.26. The van der Waals surface area contributed by atoms with Crippen LogP contribution in [0.4, 0.5) is 0 Å². The summed E-state index contributed by atoms with van der Waals surface area (Å²) in [4.78, 5) is 15.2. The SMILES string of the molecule is CC(C)NS(=O)(=O)c1cccnc1C(=O)C(C)Br. The lowest BCUT2D eigenvalue weighted by molar-refractivity contribution is 0.0987. The van der Waals surface area contributed by atoms with E-state index in [2.05, 4.69) is 25.6 Å². The van der Waals surface area contributed by atoms with Gasteiger partial charge in [0.1, 0.15) is 10.6 Å². The monoisotopic (exact) mass is 334 g/mol. The van der Waals surface area contributed by atoms with Gasteiger partial charge in [-0.05, 0) is 32.9 Å². The molecule has 1 aromatic heterocycles. The number of rotatable bonds is 5. The Hall–Kier alpha value is -0.790. The number of aromatic nitrogens is 1. The van der Waals surface area contributed by atoms with Crippen LogP contribution in [0.15, 0.2) is 23.2 Å². The van der Waals surface area contributed by atoms with Crippen LogP contribution in [0.5, 0.6) is 0 Å². The number of hydrogen-bond acceptors (Lipinski definition) is 4. The highest BCUT2D eigenvalue weighted by molar-refractivity contribution is 9.10. The summed E-state index contributed by atoms with van der Waals surface area (Å²) in [6, 6.07) is 2.62. The van der Waals surface area contributed by atoms with Crippen LogP contribution in [0.2, 0.25) is 0 Å². The molecule has 5 nitrogen and oxygen atoms in total. The zero-order valence-electron chi connectivity index (χ0n) is 10.3. The Balaban J connectivity index is 3.30. The Labute approximate surface area is 115 Å². The van der Waals surface area contributed by atoms with Crippen molar-refractivity contribution in [3.05, 3.63) is 24.0 Å². The molecule has 1 atom stereocenters. The van der Waals surface area contributed by atoms with E-state index in [1.807, 2.05) is 0 Å². The van der Waals surface area contributed by atoms with Crippen LogP contribution >= 0.6 is 15.9 Å². The number of hydrogen-bond donors (Lipinski definition) is 1. The molecule has 0 aromatic carbocycles. The Bertz CT molecular complexity index is 541. The second-order valence-electron chi connectivity index (χ2n) is 4.11. The van der Waals surface area contributed by atoms with Crippen LogP contribution in [0, 0.1) is 0 Å². The van der Waals surface area contributed by atoms with E-state index < -0.39 is 14.9 Å². The van der Waals surface area contributed by atoms with Gasteiger partial charge < -0.3 is 0 Å². The zero-order valence-corrected chi connectivity index (χ0v) is 12.7. The van der Waals surface area contributed by atoms with Crippen molar-refractivity contribution in [1.29, 1.82) is 0 Å². The maximum atomic E-state index is 12.1. The predicted molar refractivity (Wildman–Crippen MR) is 72.4 cm³/mol. The molecule has 1 aromatic rings. The number of ketones is 1. The summed E-state index contributed by atoms with van der Waals surface area (Å²) in [6.45, 7) is 5.05. The van der Waals surface area contributed by atoms with E-state index in [-0.39, 0.29) is 22.4 Å². The summed E-state index contributed by atoms with van der Waals surface area (Å²) in [6.07, 6.45) is 1.40. The van der Waals surface area contributed by atoms with E-state index in [0.717, 1.165) is 0 Å². The van der Waals surface area contributed by atoms with Gasteiger partial charge in [-0.25, -0.2) is 13.1 Å². The third kappa shape index (κ3) is 3.60. The molecule has 0 radical (unpaired) electrons. The van der Waals surface area contributed by atoms with Crippen LogP contribution in [0.3, 0.4) is 0 Å². The minimum atomic E-state index is -3.72. The molecule has 0 bridgehead atoms. The van der Waals surface area contributed by atoms with E-state index in [1.165, 1.54) is 18.3 Å². The van der Waals surface area contributed by atoms with Crippen LogP contribution in [-0.2, 0) is 10.0 Å². The lowest BCUT2D eigenvalue weighted by Gasteiger charge is -2.12. The number of Topliss-reactive ketones (excluding diaryl/α,β-unsaturated/α-hetero) is 1. The van der Waals surface area contributed by atoms with Crippen molar-refractivity contribution in [2.24, 2.45) is 0 Å². The highest BCUT2D eigenvalue weighted by atomic mass is 79.9. The van der Waals surface area contributed by atoms with Crippen molar-refractivity contribution >= 4 is 31.7 Å². The summed E-state index contributed by atoms with van der Waals surface area (Å²) >= 11 is 3.12. The summed E-state index contributed by atoms with van der Waals surface area (Å²) in [5.74, 6) is -0.361. The highest BCUT2D eigenvalue weighted by Crippen LogP contribution is 2.17. The molecule has 0 saturated heterocycles. The van der Waals surface area contributed by atoms with E-state index in [0.29, 0.717) is 0 Å². The molecule has 18 heavy (non-hydrogen) atoms. The molecule has 0 fully saturated rings. The second-order valence-corrected chi connectivity index (χ2v) is 7.16. The normalized spacial score (nSPS) is 13.6. The van der Waals surface area contributed by atoms with Gasteiger partial charge in [-0.1, -0.05) is 15.9 Å². The van der Waals surface area contributed by atoms with E-state index in [4.69, 9.17) is 0 Å². The molecule has 1 heterocycles. The Morgan fingerprint density at radius 3 is 2.50 bits per heavy atom. The molecule has 1 N–H and O–H groups in total. The molecule has 0 aliphatic heterocycles. The van der Waals surface area contributed by atoms with Gasteiger partial charge in [-0.15, -0.1) is 0 Å². The topological polar surface area (TPSA) is 76.1 Å². The van der Waals surface area contributed by atoms with Crippen LogP contribution in [0.1, 0.15) is 31.3 Å². The summed E-state index contributed by atoms with van der Waals surface area (Å²) in [5, 5.41) is 0. The molecule has 0 saturated carbocycles. The summed E-state index contributed by atoms with van der Waals surface area (Å²) < 4.78 is 26.6. The van der Waals surface area contributed by atoms with Crippen molar-refractivity contribution in [1.82, 2.24) is 9.71 Å². The van der Waals surface area contributed by atoms with Crippen LogP contribution < -0.4 is 4.72 Å². The standard InChI is InChI=1S/C11H15BrN2O3S/c1-7(2)14-18(16,17)9-5-4-6-13-10(9)11(15)8(3)12/h4-8,14H,1-3H3. The van der Waals surface area contributed by atoms with Gasteiger partial charge in [0, 0.05) is 12.2 Å². The number of nitrogens with zero attached hydrogens (tertiary/aromatic N) is 1. The number of nitrogens with one attached hydrogen (secondary N) is 1. The fraction of sp³-hybridized carbons (Fsp3) is 0.455. The lowest BCUT2D eigenvalue weighted by atomic mass is 10.2. The minimum absolute atomic E-state index is 0.0463. The highest BCUT2D eigenvalue weighted by Gasteiger charge is 2.25. The maximum Gasteiger partial charge on any atom is 0.243 e. The number of halogens is 1. The maximum absolute atomic E-state index is 12.1. The van der Waals surface area contributed by atoms with Crippen LogP contribution in [-0.4, -0.2) is 30.1 Å². The third-order valence-corrected chi connectivity index (χ3v) is 4.15. The third-order valence-electron chi connectivity index (χ3n) is 2.05. The lowest BCUT2D eigenvalue weighted by Crippen LogP contribution is -2.32. The second kappa shape index (κ2) is 5.90. The fourth-order valence-electron chi connectivity index (χ4n) is 1.35. The van der Waals surface area contributed by atoms with Crippen molar-refractivity contribution < 1.29 is 13.2 Å². The van der Waals surface area contributed by atoms with Crippen molar-refractivity contribution in [2.45, 2.75) is 36.5 Å². The molecule has 100 valence electrons. The molecular weight excluding hydrogens is 320 g/mol. The molecule has 7 heteroatoms. The smallest absolute Gasteiger partial charge is 0.243 e. The first-order valence-corrected chi connectivity index (χ1v) is 7.81. The van der Waals surface area contributed by atoms with Gasteiger partial charge in [0.05, 0.1) is 4.83 Å². The van der Waals surface area contributed by atoms with Crippen molar-refractivity contribution in [2.75, 3.05) is 0 Å². The van der Waals surface area contributed by atoms with Gasteiger partial charge in [0.25, 0.3) is 0 Å². The number of pyridine rings is 1. The zero-order chi connectivity index (χ0) is 13.9. The molecule has 0 aliphatic carbocycles. The first-order chi connectivity index (χ1) is 8.25. The van der Waals surface area contributed by atoms with Gasteiger partial charge in [-0.2, -0.15) is 0 Å². The van der Waals surface area contributed by atoms with E-state index in [9.17, 15) is 13.2 Å². The van der Waals surface area contributed by atoms with Gasteiger partial charge >= 0.3 is 0 Å². The molecule has 1 unspecified atom stereocenters. The number of sulfonamides is 1. The molecule has 0 spiro atoms. The van der Waals surface area contributed by atoms with Gasteiger partial charge in [-0.3, -0.25) is 9.78 Å². The van der Waals surface area contributed by atoms with E-state index in [1.54, 1.807) is 20.8 Å². The number of carbonyl (C=O) groups excluding carboxylic acids is 1. The number of carbonyl (C=O) groups is 1. The minimum Gasteiger partial charge on any atom is -0.291 e. The first kappa shape index (κ1) is 15.3. The average molecular weight is 335 g/mol. The van der Waals surface area contributed by atoms with E-state index >= 15 is 0 Å².